The maximum atomic E-state index is 12.3. The molecule has 4 nitrogen and oxygen atoms in total. The van der Waals surface area contributed by atoms with Gasteiger partial charge in [0.15, 0.2) is 0 Å². The van der Waals surface area contributed by atoms with Gasteiger partial charge in [-0.2, -0.15) is 0 Å². The van der Waals surface area contributed by atoms with Crippen molar-refractivity contribution in [3.63, 3.8) is 0 Å². The van der Waals surface area contributed by atoms with Crippen LogP contribution in [0.3, 0.4) is 0 Å². The van der Waals surface area contributed by atoms with E-state index in [4.69, 9.17) is 11.6 Å². The number of carbonyl (C=O) groups excluding carboxylic acids is 2. The molecule has 0 spiro atoms. The number of carbonyl (C=O) groups is 2. The molecule has 3 aromatic rings. The number of fused-ring (bicyclic) bond motifs is 1. The minimum absolute atomic E-state index is 0.112. The normalized spacial score (nSPS) is 11.0. The van der Waals surface area contributed by atoms with Crippen LogP contribution in [-0.2, 0) is 16.0 Å². The Labute approximate surface area is 160 Å². The first-order valence-corrected chi connectivity index (χ1v) is 9.22. The van der Waals surface area contributed by atoms with Gasteiger partial charge in [-0.25, -0.2) is 0 Å². The summed E-state index contributed by atoms with van der Waals surface area (Å²) in [7, 11) is 1.58. The lowest BCUT2D eigenvalue weighted by Gasteiger charge is -2.09. The Balaban J connectivity index is 1.75. The number of para-hydroxylation sites is 1. The summed E-state index contributed by atoms with van der Waals surface area (Å²) in [5.41, 5.74) is 1.38. The summed E-state index contributed by atoms with van der Waals surface area (Å²) in [6, 6.07) is 15.1. The maximum absolute atomic E-state index is 12.3. The van der Waals surface area contributed by atoms with Gasteiger partial charge in [-0.05, 0) is 23.8 Å². The van der Waals surface area contributed by atoms with Gasteiger partial charge in [0.25, 0.3) is 0 Å². The monoisotopic (exact) mass is 384 g/mol. The number of hydrogen-bond acceptors (Lipinski definition) is 3. The Bertz CT molecular complexity index is 994. The van der Waals surface area contributed by atoms with Crippen molar-refractivity contribution in [2.75, 3.05) is 12.4 Å². The number of benzene rings is 2. The molecule has 0 fully saturated rings. The minimum atomic E-state index is -0.275. The first kappa shape index (κ1) is 18.2. The second-order valence-corrected chi connectivity index (χ2v) is 7.07. The van der Waals surface area contributed by atoms with E-state index < -0.39 is 0 Å². The van der Waals surface area contributed by atoms with E-state index in [1.807, 2.05) is 42.5 Å². The summed E-state index contributed by atoms with van der Waals surface area (Å²) in [4.78, 5) is 24.7. The van der Waals surface area contributed by atoms with Gasteiger partial charge in [0, 0.05) is 33.8 Å². The van der Waals surface area contributed by atoms with E-state index in [0.29, 0.717) is 10.7 Å². The van der Waals surface area contributed by atoms with Gasteiger partial charge >= 0.3 is 0 Å². The molecule has 26 heavy (non-hydrogen) atoms. The zero-order chi connectivity index (χ0) is 18.5. The van der Waals surface area contributed by atoms with Gasteiger partial charge in [-0.3, -0.25) is 9.59 Å². The molecule has 6 heteroatoms. The van der Waals surface area contributed by atoms with Gasteiger partial charge in [0.1, 0.15) is 0 Å². The molecular weight excluding hydrogens is 368 g/mol. The molecular formula is C20H17ClN2O2S. The van der Waals surface area contributed by atoms with Gasteiger partial charge in [0.05, 0.1) is 11.4 Å². The number of thiophene rings is 1. The van der Waals surface area contributed by atoms with E-state index in [1.54, 1.807) is 19.2 Å². The van der Waals surface area contributed by atoms with Gasteiger partial charge in [-0.15, -0.1) is 11.3 Å². The summed E-state index contributed by atoms with van der Waals surface area (Å²) in [6.07, 6.45) is 3.37. The lowest BCUT2D eigenvalue weighted by atomic mass is 10.1. The summed E-state index contributed by atoms with van der Waals surface area (Å²) >= 11 is 7.92. The lowest BCUT2D eigenvalue weighted by molar-refractivity contribution is -0.120. The third kappa shape index (κ3) is 4.12. The molecule has 1 aromatic heterocycles. The van der Waals surface area contributed by atoms with Crippen LogP contribution in [-0.4, -0.2) is 18.9 Å². The number of hydrogen-bond donors (Lipinski definition) is 2. The molecule has 0 unspecified atom stereocenters. The van der Waals surface area contributed by atoms with E-state index in [0.717, 1.165) is 20.5 Å². The van der Waals surface area contributed by atoms with Crippen molar-refractivity contribution >= 4 is 56.6 Å². The Kier molecular flexibility index (Phi) is 5.71. The predicted molar refractivity (Wildman–Crippen MR) is 109 cm³/mol. The van der Waals surface area contributed by atoms with Gasteiger partial charge < -0.3 is 10.6 Å². The van der Waals surface area contributed by atoms with Crippen LogP contribution in [0.4, 0.5) is 5.69 Å². The smallest absolute Gasteiger partial charge is 0.248 e. The number of rotatable bonds is 5. The molecule has 0 aliphatic heterocycles. The van der Waals surface area contributed by atoms with Gasteiger partial charge in [-0.1, -0.05) is 48.0 Å². The summed E-state index contributed by atoms with van der Waals surface area (Å²) in [5, 5.41) is 7.03. The molecule has 0 saturated carbocycles. The van der Waals surface area contributed by atoms with Crippen molar-refractivity contribution in [3.05, 3.63) is 70.1 Å². The Morgan fingerprint density at radius 3 is 2.62 bits per heavy atom. The van der Waals surface area contributed by atoms with Crippen molar-refractivity contribution < 1.29 is 9.59 Å². The number of amides is 2. The Morgan fingerprint density at radius 1 is 1.12 bits per heavy atom. The first-order valence-electron chi connectivity index (χ1n) is 8.03. The van der Waals surface area contributed by atoms with Crippen LogP contribution in [0.25, 0.3) is 16.2 Å². The molecule has 0 bridgehead atoms. The highest BCUT2D eigenvalue weighted by Gasteiger charge is 2.10. The maximum Gasteiger partial charge on any atom is 0.248 e. The number of anilines is 1. The molecule has 0 atom stereocenters. The van der Waals surface area contributed by atoms with Crippen molar-refractivity contribution in [2.24, 2.45) is 0 Å². The molecule has 0 aliphatic rings. The molecule has 1 heterocycles. The molecule has 0 radical (unpaired) electrons. The lowest BCUT2D eigenvalue weighted by Crippen LogP contribution is -2.21. The molecule has 0 saturated heterocycles. The molecule has 132 valence electrons. The zero-order valence-electron chi connectivity index (χ0n) is 14.1. The second-order valence-electron chi connectivity index (χ2n) is 5.61. The average Bonchev–Trinajstić information content (AvgIpc) is 2.98. The highest BCUT2D eigenvalue weighted by atomic mass is 35.5. The van der Waals surface area contributed by atoms with E-state index in [1.165, 1.54) is 17.4 Å². The highest BCUT2D eigenvalue weighted by Crippen LogP contribution is 2.35. The fraction of sp³-hybridized carbons (Fsp3) is 0.100. The molecule has 2 N–H and O–H groups in total. The van der Waals surface area contributed by atoms with Crippen molar-refractivity contribution in [1.82, 2.24) is 5.32 Å². The largest absolute Gasteiger partial charge is 0.359 e. The van der Waals surface area contributed by atoms with Crippen LogP contribution in [0, 0.1) is 0 Å². The third-order valence-corrected chi connectivity index (χ3v) is 5.51. The fourth-order valence-electron chi connectivity index (χ4n) is 2.52. The topological polar surface area (TPSA) is 58.2 Å². The SMILES string of the molecule is CNC(=O)Cc1ccccc1NC(=O)C=Cc1sc2ccccc2c1Cl. The van der Waals surface area contributed by atoms with Crippen molar-refractivity contribution in [3.8, 4) is 0 Å². The number of likely N-dealkylation sites (N-methyl/N-ethyl adjacent to an activating group) is 1. The highest BCUT2D eigenvalue weighted by molar-refractivity contribution is 7.20. The second kappa shape index (κ2) is 8.17. The van der Waals surface area contributed by atoms with Crippen LogP contribution in [0.2, 0.25) is 5.02 Å². The zero-order valence-corrected chi connectivity index (χ0v) is 15.7. The Hall–Kier alpha value is -2.63. The van der Waals surface area contributed by atoms with Crippen molar-refractivity contribution in [1.29, 1.82) is 0 Å². The van der Waals surface area contributed by atoms with Crippen LogP contribution in [0.1, 0.15) is 10.4 Å². The quantitative estimate of drug-likeness (QED) is 0.636. The third-order valence-electron chi connectivity index (χ3n) is 3.85. The predicted octanol–water partition coefficient (Wildman–Crippen LogP) is 4.50. The standard InChI is InChI=1S/C20H17ClN2O2S/c1-22-19(25)12-13-6-2-4-8-15(13)23-18(24)11-10-17-20(21)14-7-3-5-9-16(14)26-17/h2-11H,12H2,1H3,(H,22,25)(H,23,24). The van der Waals surface area contributed by atoms with Crippen LogP contribution in [0.15, 0.2) is 54.6 Å². The van der Waals surface area contributed by atoms with Crippen molar-refractivity contribution in [2.45, 2.75) is 6.42 Å². The number of nitrogens with one attached hydrogen (secondary N) is 2. The van der Waals surface area contributed by atoms with Crippen LogP contribution < -0.4 is 10.6 Å². The van der Waals surface area contributed by atoms with E-state index in [-0.39, 0.29) is 18.2 Å². The van der Waals surface area contributed by atoms with E-state index in [9.17, 15) is 9.59 Å². The minimum Gasteiger partial charge on any atom is -0.359 e. The fourth-order valence-corrected chi connectivity index (χ4v) is 3.92. The molecule has 2 amide bonds. The summed E-state index contributed by atoms with van der Waals surface area (Å²) in [6.45, 7) is 0. The van der Waals surface area contributed by atoms with Gasteiger partial charge in [0.2, 0.25) is 11.8 Å². The summed E-state index contributed by atoms with van der Waals surface area (Å²) in [5.74, 6) is -0.387. The van der Waals surface area contributed by atoms with Crippen LogP contribution in [0.5, 0.6) is 0 Å². The molecule has 0 aliphatic carbocycles. The first-order chi connectivity index (χ1) is 12.6. The number of halogens is 1. The Morgan fingerprint density at radius 2 is 1.85 bits per heavy atom. The van der Waals surface area contributed by atoms with Crippen LogP contribution >= 0.6 is 22.9 Å². The summed E-state index contributed by atoms with van der Waals surface area (Å²) < 4.78 is 1.08. The molecule has 3 rings (SSSR count). The molecule has 2 aromatic carbocycles. The van der Waals surface area contributed by atoms with E-state index >= 15 is 0 Å². The van der Waals surface area contributed by atoms with E-state index in [2.05, 4.69) is 10.6 Å². The average molecular weight is 385 g/mol.